The third-order valence-corrected chi connectivity index (χ3v) is 3.18. The SMILES string of the molecule is CCCC1(C(=O)O)CCCN1CCC#N. The van der Waals surface area contributed by atoms with Gasteiger partial charge in [-0.15, -0.1) is 0 Å². The Morgan fingerprint density at radius 1 is 1.67 bits per heavy atom. The molecule has 1 unspecified atom stereocenters. The van der Waals surface area contributed by atoms with Crippen molar-refractivity contribution in [3.63, 3.8) is 0 Å². The summed E-state index contributed by atoms with van der Waals surface area (Å²) in [7, 11) is 0. The average molecular weight is 210 g/mol. The molecule has 1 saturated heterocycles. The van der Waals surface area contributed by atoms with E-state index in [0.717, 1.165) is 25.8 Å². The van der Waals surface area contributed by atoms with Gasteiger partial charge in [0.15, 0.2) is 0 Å². The van der Waals surface area contributed by atoms with E-state index in [-0.39, 0.29) is 0 Å². The number of carboxylic acid groups (broad SMARTS) is 1. The summed E-state index contributed by atoms with van der Waals surface area (Å²) >= 11 is 0. The quantitative estimate of drug-likeness (QED) is 0.749. The predicted octanol–water partition coefficient (Wildman–Crippen LogP) is 1.62. The highest BCUT2D eigenvalue weighted by Gasteiger charge is 2.46. The van der Waals surface area contributed by atoms with Crippen LogP contribution in [0.2, 0.25) is 0 Å². The number of rotatable bonds is 5. The number of nitriles is 1. The van der Waals surface area contributed by atoms with Crippen molar-refractivity contribution in [3.05, 3.63) is 0 Å². The molecular formula is C11H18N2O2. The van der Waals surface area contributed by atoms with Crippen LogP contribution in [-0.2, 0) is 4.79 Å². The summed E-state index contributed by atoms with van der Waals surface area (Å²) < 4.78 is 0. The molecule has 1 atom stereocenters. The Bertz CT molecular complexity index is 272. The molecule has 0 aliphatic carbocycles. The number of nitrogens with zero attached hydrogens (tertiary/aromatic N) is 2. The number of hydrogen-bond donors (Lipinski definition) is 1. The molecule has 4 heteroatoms. The Hall–Kier alpha value is -1.08. The van der Waals surface area contributed by atoms with Gasteiger partial charge in [0.2, 0.25) is 0 Å². The summed E-state index contributed by atoms with van der Waals surface area (Å²) in [5.74, 6) is -0.722. The topological polar surface area (TPSA) is 64.3 Å². The van der Waals surface area contributed by atoms with Crippen molar-refractivity contribution in [2.45, 2.75) is 44.6 Å². The van der Waals surface area contributed by atoms with Crippen molar-refractivity contribution in [2.24, 2.45) is 0 Å². The van der Waals surface area contributed by atoms with E-state index in [1.165, 1.54) is 0 Å². The van der Waals surface area contributed by atoms with Crippen molar-refractivity contribution in [1.29, 1.82) is 5.26 Å². The van der Waals surface area contributed by atoms with E-state index in [1.54, 1.807) is 0 Å². The molecule has 1 heterocycles. The van der Waals surface area contributed by atoms with Crippen LogP contribution in [0.15, 0.2) is 0 Å². The molecule has 1 aliphatic rings. The molecule has 0 aromatic rings. The molecule has 84 valence electrons. The third kappa shape index (κ3) is 2.29. The van der Waals surface area contributed by atoms with Crippen molar-refractivity contribution in [3.8, 4) is 6.07 Å². The van der Waals surface area contributed by atoms with Gasteiger partial charge >= 0.3 is 5.97 Å². The van der Waals surface area contributed by atoms with Crippen molar-refractivity contribution in [2.75, 3.05) is 13.1 Å². The van der Waals surface area contributed by atoms with Crippen LogP contribution in [0.25, 0.3) is 0 Å². The minimum atomic E-state index is -0.722. The van der Waals surface area contributed by atoms with Crippen molar-refractivity contribution >= 4 is 5.97 Å². The molecule has 1 aliphatic heterocycles. The Kier molecular flexibility index (Phi) is 4.10. The lowest BCUT2D eigenvalue weighted by molar-refractivity contribution is -0.150. The van der Waals surface area contributed by atoms with E-state index < -0.39 is 11.5 Å². The zero-order valence-electron chi connectivity index (χ0n) is 9.20. The van der Waals surface area contributed by atoms with E-state index in [4.69, 9.17) is 5.26 Å². The van der Waals surface area contributed by atoms with Crippen LogP contribution in [0.1, 0.15) is 39.0 Å². The average Bonchev–Trinajstić information content (AvgIpc) is 2.60. The Labute approximate surface area is 90.5 Å². The first-order valence-electron chi connectivity index (χ1n) is 5.53. The molecule has 0 saturated carbocycles. The lowest BCUT2D eigenvalue weighted by atomic mass is 9.90. The maximum absolute atomic E-state index is 11.4. The van der Waals surface area contributed by atoms with E-state index in [9.17, 15) is 9.90 Å². The van der Waals surface area contributed by atoms with Gasteiger partial charge in [0.1, 0.15) is 5.54 Å². The van der Waals surface area contributed by atoms with E-state index in [0.29, 0.717) is 19.4 Å². The van der Waals surface area contributed by atoms with Gasteiger partial charge in [0.05, 0.1) is 6.07 Å². The van der Waals surface area contributed by atoms with Crippen molar-refractivity contribution < 1.29 is 9.90 Å². The summed E-state index contributed by atoms with van der Waals surface area (Å²) in [5.41, 5.74) is -0.689. The molecule has 0 amide bonds. The van der Waals surface area contributed by atoms with Crippen LogP contribution in [0.3, 0.4) is 0 Å². The fraction of sp³-hybridized carbons (Fsp3) is 0.818. The van der Waals surface area contributed by atoms with Gasteiger partial charge in [0.25, 0.3) is 0 Å². The van der Waals surface area contributed by atoms with E-state index in [1.807, 2.05) is 11.8 Å². The number of hydrogen-bond acceptors (Lipinski definition) is 3. The molecular weight excluding hydrogens is 192 g/mol. The zero-order valence-corrected chi connectivity index (χ0v) is 9.20. The van der Waals surface area contributed by atoms with Gasteiger partial charge in [-0.3, -0.25) is 9.69 Å². The van der Waals surface area contributed by atoms with Crippen LogP contribution in [0.4, 0.5) is 0 Å². The highest BCUT2D eigenvalue weighted by Crippen LogP contribution is 2.33. The predicted molar refractivity (Wildman–Crippen MR) is 56.3 cm³/mol. The molecule has 0 aromatic carbocycles. The fourth-order valence-electron chi connectivity index (χ4n) is 2.49. The number of carbonyl (C=O) groups is 1. The second-order valence-corrected chi connectivity index (χ2v) is 4.09. The molecule has 1 N–H and O–H groups in total. The minimum absolute atomic E-state index is 0.415. The van der Waals surface area contributed by atoms with Gasteiger partial charge in [0, 0.05) is 13.0 Å². The Morgan fingerprint density at radius 2 is 2.40 bits per heavy atom. The molecule has 0 bridgehead atoms. The second kappa shape index (κ2) is 5.13. The van der Waals surface area contributed by atoms with Gasteiger partial charge in [-0.25, -0.2) is 0 Å². The Morgan fingerprint density at radius 3 is 2.93 bits per heavy atom. The second-order valence-electron chi connectivity index (χ2n) is 4.09. The zero-order chi connectivity index (χ0) is 11.3. The fourth-order valence-corrected chi connectivity index (χ4v) is 2.49. The largest absolute Gasteiger partial charge is 0.480 e. The summed E-state index contributed by atoms with van der Waals surface area (Å²) in [5, 5.41) is 17.9. The molecule has 0 radical (unpaired) electrons. The maximum atomic E-state index is 11.4. The first-order chi connectivity index (χ1) is 7.17. The summed E-state index contributed by atoms with van der Waals surface area (Å²) in [4.78, 5) is 13.3. The number of likely N-dealkylation sites (tertiary alicyclic amines) is 1. The summed E-state index contributed by atoms with van der Waals surface area (Å²) in [6.45, 7) is 3.41. The molecule has 1 rings (SSSR count). The van der Waals surface area contributed by atoms with Crippen LogP contribution in [-0.4, -0.2) is 34.6 Å². The van der Waals surface area contributed by atoms with Gasteiger partial charge in [-0.2, -0.15) is 5.26 Å². The monoisotopic (exact) mass is 210 g/mol. The lowest BCUT2D eigenvalue weighted by Crippen LogP contribution is -2.50. The third-order valence-electron chi connectivity index (χ3n) is 3.18. The first-order valence-corrected chi connectivity index (χ1v) is 5.53. The molecule has 1 fully saturated rings. The Balaban J connectivity index is 2.76. The lowest BCUT2D eigenvalue weighted by Gasteiger charge is -2.34. The summed E-state index contributed by atoms with van der Waals surface area (Å²) in [6, 6.07) is 2.08. The standard InChI is InChI=1S/C11H18N2O2/c1-2-5-11(10(14)15)6-3-8-13(11)9-4-7-12/h2-6,8-9H2,1H3,(H,14,15). The van der Waals surface area contributed by atoms with Crippen LogP contribution >= 0.6 is 0 Å². The highest BCUT2D eigenvalue weighted by molar-refractivity contribution is 5.79. The van der Waals surface area contributed by atoms with Gasteiger partial charge < -0.3 is 5.11 Å². The van der Waals surface area contributed by atoms with Crippen LogP contribution < -0.4 is 0 Å². The molecule has 0 aromatic heterocycles. The minimum Gasteiger partial charge on any atom is -0.480 e. The van der Waals surface area contributed by atoms with Gasteiger partial charge in [-0.05, 0) is 25.8 Å². The smallest absolute Gasteiger partial charge is 0.324 e. The molecule has 4 nitrogen and oxygen atoms in total. The molecule has 15 heavy (non-hydrogen) atoms. The highest BCUT2D eigenvalue weighted by atomic mass is 16.4. The van der Waals surface area contributed by atoms with Gasteiger partial charge in [-0.1, -0.05) is 13.3 Å². The van der Waals surface area contributed by atoms with Crippen molar-refractivity contribution in [1.82, 2.24) is 4.90 Å². The van der Waals surface area contributed by atoms with Crippen LogP contribution in [0.5, 0.6) is 0 Å². The molecule has 0 spiro atoms. The normalized spacial score (nSPS) is 26.4. The maximum Gasteiger partial charge on any atom is 0.324 e. The van der Waals surface area contributed by atoms with Crippen LogP contribution in [0, 0.1) is 11.3 Å². The number of carboxylic acids is 1. The first kappa shape index (κ1) is 12.0. The number of aliphatic carboxylic acids is 1. The summed E-state index contributed by atoms with van der Waals surface area (Å²) in [6.07, 6.45) is 3.63. The van der Waals surface area contributed by atoms with E-state index >= 15 is 0 Å². The van der Waals surface area contributed by atoms with E-state index in [2.05, 4.69) is 6.07 Å².